The predicted molar refractivity (Wildman–Crippen MR) is 44.5 cm³/mol. The zero-order valence-corrected chi connectivity index (χ0v) is 7.01. The Labute approximate surface area is 68.3 Å². The van der Waals surface area contributed by atoms with Crippen molar-refractivity contribution in [3.8, 4) is 0 Å². The summed E-state index contributed by atoms with van der Waals surface area (Å²) in [7, 11) is 0. The molecule has 64 valence electrons. The Hall–Kier alpha value is -0.0800. The first-order valence-corrected chi connectivity index (χ1v) is 4.73. The molecule has 0 radical (unpaired) electrons. The van der Waals surface area contributed by atoms with Crippen molar-refractivity contribution in [3.63, 3.8) is 0 Å². The molecule has 1 aliphatic heterocycles. The first-order chi connectivity index (χ1) is 5.45. The number of hydrogen-bond acceptors (Lipinski definition) is 2. The lowest BCUT2D eigenvalue weighted by molar-refractivity contribution is 0.103. The molecule has 11 heavy (non-hydrogen) atoms. The molecule has 1 N–H and O–H groups in total. The van der Waals surface area contributed by atoms with Gasteiger partial charge in [0.25, 0.3) is 0 Å². The van der Waals surface area contributed by atoms with Crippen LogP contribution in [0.1, 0.15) is 19.3 Å². The van der Waals surface area contributed by atoms with Gasteiger partial charge in [-0.15, -0.1) is 0 Å². The zero-order chi connectivity index (χ0) is 7.52. The van der Waals surface area contributed by atoms with Crippen LogP contribution in [0.15, 0.2) is 0 Å². The third-order valence-electron chi connectivity index (χ3n) is 2.59. The Kier molecular flexibility index (Phi) is 2.44. The highest BCUT2D eigenvalue weighted by atomic mass is 16.5. The van der Waals surface area contributed by atoms with Gasteiger partial charge in [-0.05, 0) is 44.2 Å². The van der Waals surface area contributed by atoms with Crippen LogP contribution in [0.3, 0.4) is 0 Å². The van der Waals surface area contributed by atoms with E-state index in [1.807, 2.05) is 0 Å². The summed E-state index contributed by atoms with van der Waals surface area (Å²) in [5, 5.41) is 3.27. The normalized spacial score (nSPS) is 25.1. The number of ether oxygens (including phenoxy) is 1. The summed E-state index contributed by atoms with van der Waals surface area (Å²) < 4.78 is 5.54. The van der Waals surface area contributed by atoms with Gasteiger partial charge in [0.05, 0.1) is 0 Å². The van der Waals surface area contributed by atoms with E-state index < -0.39 is 0 Å². The minimum absolute atomic E-state index is 0.911. The molecule has 2 heteroatoms. The molecule has 0 amide bonds. The van der Waals surface area contributed by atoms with E-state index >= 15 is 0 Å². The van der Waals surface area contributed by atoms with E-state index in [-0.39, 0.29) is 0 Å². The van der Waals surface area contributed by atoms with Crippen LogP contribution in [0.25, 0.3) is 0 Å². The summed E-state index contributed by atoms with van der Waals surface area (Å²) in [4.78, 5) is 0. The van der Waals surface area contributed by atoms with E-state index in [2.05, 4.69) is 5.32 Å². The second kappa shape index (κ2) is 3.55. The molecule has 0 atom stereocenters. The molecule has 1 heterocycles. The van der Waals surface area contributed by atoms with Crippen molar-refractivity contribution >= 4 is 0 Å². The standard InChI is InChI=1S/C9H17NO/c1-2-8(1)7-11-4-3-9-5-10-6-9/h8-10H,1-7H2. The average Bonchev–Trinajstić information content (AvgIpc) is 2.66. The lowest BCUT2D eigenvalue weighted by Crippen LogP contribution is -2.42. The first-order valence-electron chi connectivity index (χ1n) is 4.73. The van der Waals surface area contributed by atoms with Crippen LogP contribution in [0, 0.1) is 11.8 Å². The Morgan fingerprint density at radius 3 is 2.55 bits per heavy atom. The number of nitrogens with one attached hydrogen (secondary N) is 1. The topological polar surface area (TPSA) is 21.3 Å². The Morgan fingerprint density at radius 2 is 2.00 bits per heavy atom. The minimum Gasteiger partial charge on any atom is -0.381 e. The molecule has 1 aliphatic carbocycles. The van der Waals surface area contributed by atoms with Crippen LogP contribution >= 0.6 is 0 Å². The van der Waals surface area contributed by atoms with E-state index in [0.717, 1.165) is 25.0 Å². The molecule has 2 fully saturated rings. The van der Waals surface area contributed by atoms with Crippen LogP contribution in [-0.2, 0) is 4.74 Å². The van der Waals surface area contributed by atoms with Crippen LogP contribution in [0.5, 0.6) is 0 Å². The van der Waals surface area contributed by atoms with Gasteiger partial charge in [0.1, 0.15) is 0 Å². The fourth-order valence-electron chi connectivity index (χ4n) is 1.34. The van der Waals surface area contributed by atoms with Crippen LogP contribution in [-0.4, -0.2) is 26.3 Å². The van der Waals surface area contributed by atoms with Gasteiger partial charge in [0, 0.05) is 13.2 Å². The van der Waals surface area contributed by atoms with Crippen molar-refractivity contribution in [2.24, 2.45) is 11.8 Å². The van der Waals surface area contributed by atoms with Gasteiger partial charge in [-0.25, -0.2) is 0 Å². The molecule has 0 aromatic heterocycles. The third kappa shape index (κ3) is 2.46. The third-order valence-corrected chi connectivity index (χ3v) is 2.59. The van der Waals surface area contributed by atoms with Gasteiger partial charge in [0.15, 0.2) is 0 Å². The van der Waals surface area contributed by atoms with Crippen LogP contribution < -0.4 is 5.32 Å². The molecule has 1 saturated carbocycles. The van der Waals surface area contributed by atoms with E-state index in [9.17, 15) is 0 Å². The molecular weight excluding hydrogens is 138 g/mol. The maximum absolute atomic E-state index is 5.54. The number of rotatable bonds is 5. The molecule has 2 rings (SSSR count). The zero-order valence-electron chi connectivity index (χ0n) is 7.01. The van der Waals surface area contributed by atoms with Gasteiger partial charge in [0.2, 0.25) is 0 Å². The largest absolute Gasteiger partial charge is 0.381 e. The van der Waals surface area contributed by atoms with Gasteiger partial charge in [-0.2, -0.15) is 0 Å². The number of hydrogen-bond donors (Lipinski definition) is 1. The maximum atomic E-state index is 5.54. The SMILES string of the molecule is C(CC1CNC1)OCC1CC1. The quantitative estimate of drug-likeness (QED) is 0.599. The molecule has 0 unspecified atom stereocenters. The van der Waals surface area contributed by atoms with Crippen molar-refractivity contribution < 1.29 is 4.74 Å². The fraction of sp³-hybridized carbons (Fsp3) is 1.00. The molecule has 2 nitrogen and oxygen atoms in total. The maximum Gasteiger partial charge on any atom is 0.0494 e. The van der Waals surface area contributed by atoms with Crippen molar-refractivity contribution in [1.29, 1.82) is 0 Å². The molecule has 1 saturated heterocycles. The smallest absolute Gasteiger partial charge is 0.0494 e. The van der Waals surface area contributed by atoms with Gasteiger partial charge in [-0.1, -0.05) is 0 Å². The van der Waals surface area contributed by atoms with Crippen LogP contribution in [0.4, 0.5) is 0 Å². The Balaban J connectivity index is 1.40. The van der Waals surface area contributed by atoms with E-state index in [0.29, 0.717) is 0 Å². The van der Waals surface area contributed by atoms with Gasteiger partial charge in [-0.3, -0.25) is 0 Å². The van der Waals surface area contributed by atoms with Gasteiger partial charge < -0.3 is 10.1 Å². The molecular formula is C9H17NO. The van der Waals surface area contributed by atoms with Crippen molar-refractivity contribution in [2.75, 3.05) is 26.3 Å². The summed E-state index contributed by atoms with van der Waals surface area (Å²) in [6.45, 7) is 4.45. The van der Waals surface area contributed by atoms with Crippen molar-refractivity contribution in [1.82, 2.24) is 5.32 Å². The molecule has 0 aromatic carbocycles. The summed E-state index contributed by atoms with van der Waals surface area (Å²) in [5.41, 5.74) is 0. The Morgan fingerprint density at radius 1 is 1.18 bits per heavy atom. The predicted octanol–water partition coefficient (Wildman–Crippen LogP) is 1.02. The summed E-state index contributed by atoms with van der Waals surface area (Å²) >= 11 is 0. The lowest BCUT2D eigenvalue weighted by atomic mass is 10.0. The van der Waals surface area contributed by atoms with Gasteiger partial charge >= 0.3 is 0 Å². The highest BCUT2D eigenvalue weighted by Crippen LogP contribution is 2.28. The summed E-state index contributed by atoms with van der Waals surface area (Å²) in [6.07, 6.45) is 4.08. The first kappa shape index (κ1) is 7.56. The Bertz CT molecular complexity index is 119. The monoisotopic (exact) mass is 155 g/mol. The van der Waals surface area contributed by atoms with Crippen molar-refractivity contribution in [2.45, 2.75) is 19.3 Å². The van der Waals surface area contributed by atoms with E-state index in [4.69, 9.17) is 4.74 Å². The molecule has 2 aliphatic rings. The van der Waals surface area contributed by atoms with E-state index in [1.54, 1.807) is 0 Å². The lowest BCUT2D eigenvalue weighted by Gasteiger charge is -2.26. The second-order valence-corrected chi connectivity index (χ2v) is 3.83. The molecule has 0 spiro atoms. The van der Waals surface area contributed by atoms with Crippen LogP contribution in [0.2, 0.25) is 0 Å². The summed E-state index contributed by atoms with van der Waals surface area (Å²) in [6, 6.07) is 0. The highest BCUT2D eigenvalue weighted by molar-refractivity contribution is 4.75. The second-order valence-electron chi connectivity index (χ2n) is 3.83. The average molecular weight is 155 g/mol. The fourth-order valence-corrected chi connectivity index (χ4v) is 1.34. The van der Waals surface area contributed by atoms with E-state index in [1.165, 1.54) is 32.4 Å². The summed E-state index contributed by atoms with van der Waals surface area (Å²) in [5.74, 6) is 1.84. The molecule has 0 bridgehead atoms. The molecule has 0 aromatic rings. The van der Waals surface area contributed by atoms with Crippen molar-refractivity contribution in [3.05, 3.63) is 0 Å². The highest BCUT2D eigenvalue weighted by Gasteiger charge is 2.21. The minimum atomic E-state index is 0.911.